The molecule has 0 heterocycles. The maximum Gasteiger partial charge on any atom is 0.306 e. The van der Waals surface area contributed by atoms with Gasteiger partial charge in [-0.25, -0.2) is 0 Å². The van der Waals surface area contributed by atoms with Crippen LogP contribution in [-0.2, 0) is 16.0 Å². The van der Waals surface area contributed by atoms with Crippen molar-refractivity contribution in [3.63, 3.8) is 0 Å². The molecule has 0 aliphatic heterocycles. The molecule has 1 fully saturated rings. The Morgan fingerprint density at radius 3 is 2.60 bits per heavy atom. The lowest BCUT2D eigenvalue weighted by Gasteiger charge is -2.22. The fourth-order valence-corrected chi connectivity index (χ4v) is 4.86. The summed E-state index contributed by atoms with van der Waals surface area (Å²) in [5, 5.41) is 0. The summed E-state index contributed by atoms with van der Waals surface area (Å²) in [6, 6.07) is 7.05. The molecule has 1 aromatic carbocycles. The predicted molar refractivity (Wildman–Crippen MR) is 129 cm³/mol. The molecule has 166 valence electrons. The third kappa shape index (κ3) is 7.96. The monoisotopic (exact) mass is 448 g/mol. The highest BCUT2D eigenvalue weighted by molar-refractivity contribution is 7.19. The molecule has 30 heavy (non-hydrogen) atoms. The maximum absolute atomic E-state index is 12.6. The van der Waals surface area contributed by atoms with Crippen molar-refractivity contribution in [1.29, 1.82) is 0 Å². The Morgan fingerprint density at radius 2 is 2.00 bits per heavy atom. The van der Waals surface area contributed by atoms with E-state index in [1.165, 1.54) is 0 Å². The third-order valence-electron chi connectivity index (χ3n) is 5.45. The fourth-order valence-electron chi connectivity index (χ4n) is 3.90. The quantitative estimate of drug-likeness (QED) is 0.170. The summed E-state index contributed by atoms with van der Waals surface area (Å²) >= 11 is 6.42. The Balaban J connectivity index is 1.93. The highest BCUT2D eigenvalue weighted by Gasteiger charge is 2.35. The van der Waals surface area contributed by atoms with Gasteiger partial charge in [-0.3, -0.25) is 4.79 Å². The molecule has 2 rings (SSSR count). The van der Waals surface area contributed by atoms with Gasteiger partial charge in [0, 0.05) is 18.3 Å². The molecule has 1 aliphatic carbocycles. The molecule has 0 unspecified atom stereocenters. The van der Waals surface area contributed by atoms with Crippen LogP contribution in [0.5, 0.6) is 5.75 Å². The minimum Gasteiger partial charge on any atom is -0.491 e. The van der Waals surface area contributed by atoms with Crippen LogP contribution in [0.2, 0.25) is 19.1 Å². The summed E-state index contributed by atoms with van der Waals surface area (Å²) in [6.07, 6.45) is 9.42. The molecule has 0 bridgehead atoms. The topological polar surface area (TPSA) is 35.5 Å². The number of allylic oxidation sites excluding steroid dienone is 1. The van der Waals surface area contributed by atoms with Gasteiger partial charge in [0.15, 0.2) is 7.38 Å². The van der Waals surface area contributed by atoms with E-state index in [0.717, 1.165) is 35.8 Å². The Morgan fingerprint density at radius 1 is 1.30 bits per heavy atom. The normalized spacial score (nSPS) is 21.9. The number of rotatable bonds is 10. The largest absolute Gasteiger partial charge is 0.491 e. The van der Waals surface area contributed by atoms with Crippen LogP contribution in [-0.4, -0.2) is 25.6 Å². The van der Waals surface area contributed by atoms with Crippen LogP contribution in [0.4, 0.5) is 0 Å². The Hall–Kier alpha value is -1.52. The molecule has 0 radical (unpaired) electrons. The zero-order valence-electron chi connectivity index (χ0n) is 19.1. The van der Waals surface area contributed by atoms with Gasteiger partial charge in [-0.2, -0.15) is 11.1 Å². The van der Waals surface area contributed by atoms with Crippen LogP contribution in [0.15, 0.2) is 43.0 Å². The van der Waals surface area contributed by atoms with E-state index in [9.17, 15) is 4.79 Å². The highest BCUT2D eigenvalue weighted by atomic mass is 35.6. The summed E-state index contributed by atoms with van der Waals surface area (Å²) in [4.78, 5) is 12.6. The molecule has 0 spiro atoms. The third-order valence-corrected chi connectivity index (χ3v) is 7.12. The Bertz CT molecular complexity index is 751. The van der Waals surface area contributed by atoms with Crippen LogP contribution in [0.25, 0.3) is 0 Å². The number of aryl methyl sites for hydroxylation is 2. The van der Waals surface area contributed by atoms with Crippen molar-refractivity contribution >= 4 is 24.4 Å². The van der Waals surface area contributed by atoms with Crippen molar-refractivity contribution in [2.24, 2.45) is 11.8 Å². The number of hydrogen-bond donors (Lipinski definition) is 0. The number of carbonyl (C=O) groups excluding carboxylic acids is 1. The van der Waals surface area contributed by atoms with E-state index in [0.29, 0.717) is 12.8 Å². The van der Waals surface area contributed by atoms with Crippen molar-refractivity contribution in [3.05, 3.63) is 54.1 Å². The first-order chi connectivity index (χ1) is 14.1. The van der Waals surface area contributed by atoms with Gasteiger partial charge in [0.25, 0.3) is 0 Å². The van der Waals surface area contributed by atoms with E-state index in [2.05, 4.69) is 37.9 Å². The first-order valence-electron chi connectivity index (χ1n) is 11.0. The van der Waals surface area contributed by atoms with Gasteiger partial charge < -0.3 is 9.47 Å². The molecule has 3 atom stereocenters. The van der Waals surface area contributed by atoms with Gasteiger partial charge in [-0.05, 0) is 63.3 Å². The lowest BCUT2D eigenvalue weighted by molar-refractivity contribution is -0.151. The molecule has 0 aromatic heterocycles. The number of hydrogen-bond acceptors (Lipinski definition) is 3. The molecule has 1 aromatic rings. The van der Waals surface area contributed by atoms with Gasteiger partial charge in [-0.15, -0.1) is 6.58 Å². The summed E-state index contributed by atoms with van der Waals surface area (Å²) < 4.78 is 11.7. The van der Waals surface area contributed by atoms with Crippen LogP contribution < -0.4 is 4.74 Å². The average molecular weight is 449 g/mol. The average Bonchev–Trinajstić information content (AvgIpc) is 3.02. The standard InChI is InChI=1S/C25H37ClO3Si/c1-7-21-12-13-22(9-8-16-30(5,6)26)25(21)29-24(27)15-11-20-10-14-23(19(4)17-20)28-18(2)3/h7-10,14,17-18,21-22,25H,1,11-13,15-16H2,2-6H3/b9-8+/t21-,22+,25+/m1/s1. The first kappa shape index (κ1) is 24.7. The van der Waals surface area contributed by atoms with E-state index >= 15 is 0 Å². The van der Waals surface area contributed by atoms with Crippen molar-refractivity contribution in [2.45, 2.75) is 77.8 Å². The van der Waals surface area contributed by atoms with Gasteiger partial charge in [0.1, 0.15) is 11.9 Å². The Kier molecular flexibility index (Phi) is 9.23. The minimum absolute atomic E-state index is 0.116. The summed E-state index contributed by atoms with van der Waals surface area (Å²) in [7, 11) is -1.63. The van der Waals surface area contributed by atoms with E-state index in [1.807, 2.05) is 39.0 Å². The molecule has 0 N–H and O–H groups in total. The van der Waals surface area contributed by atoms with E-state index in [4.69, 9.17) is 20.6 Å². The fraction of sp³-hybridized carbons (Fsp3) is 0.560. The second-order valence-corrected chi connectivity index (χ2v) is 16.1. The smallest absolute Gasteiger partial charge is 0.306 e. The highest BCUT2D eigenvalue weighted by Crippen LogP contribution is 2.36. The van der Waals surface area contributed by atoms with Crippen molar-refractivity contribution in [2.75, 3.05) is 0 Å². The number of benzene rings is 1. The predicted octanol–water partition coefficient (Wildman–Crippen LogP) is 6.84. The molecular formula is C25H37ClO3Si. The molecule has 1 saturated carbocycles. The molecule has 5 heteroatoms. The first-order valence-corrected chi connectivity index (χ1v) is 15.2. The molecular weight excluding hydrogens is 412 g/mol. The molecule has 1 aliphatic rings. The second-order valence-electron chi connectivity index (χ2n) is 9.21. The lowest BCUT2D eigenvalue weighted by Crippen LogP contribution is -2.26. The molecule has 0 amide bonds. The van der Waals surface area contributed by atoms with Gasteiger partial charge in [0.05, 0.1) is 6.10 Å². The van der Waals surface area contributed by atoms with Gasteiger partial charge >= 0.3 is 5.97 Å². The van der Waals surface area contributed by atoms with Gasteiger partial charge in [-0.1, -0.05) is 43.5 Å². The zero-order valence-corrected chi connectivity index (χ0v) is 20.9. The molecule has 3 nitrogen and oxygen atoms in total. The van der Waals surface area contributed by atoms with Crippen molar-refractivity contribution in [3.8, 4) is 5.75 Å². The maximum atomic E-state index is 12.6. The number of esters is 1. The van der Waals surface area contributed by atoms with Gasteiger partial charge in [0.2, 0.25) is 0 Å². The van der Waals surface area contributed by atoms with Crippen molar-refractivity contribution in [1.82, 2.24) is 0 Å². The van der Waals surface area contributed by atoms with E-state index < -0.39 is 7.38 Å². The van der Waals surface area contributed by atoms with Crippen LogP contribution in [0.1, 0.15) is 44.2 Å². The number of carbonyl (C=O) groups is 1. The number of halogens is 1. The summed E-state index contributed by atoms with van der Waals surface area (Å²) in [5.74, 6) is 1.23. The van der Waals surface area contributed by atoms with Crippen LogP contribution in [0.3, 0.4) is 0 Å². The SMILES string of the molecule is C=C[C@@H]1CC[C@H](/C=C/C[Si](C)(C)Cl)[C@H]1OC(=O)CCc1ccc(OC(C)C)c(C)c1. The van der Waals surface area contributed by atoms with Crippen molar-refractivity contribution < 1.29 is 14.3 Å². The van der Waals surface area contributed by atoms with Crippen LogP contribution in [0, 0.1) is 18.8 Å². The van der Waals surface area contributed by atoms with E-state index in [1.54, 1.807) is 0 Å². The Labute approximate surface area is 188 Å². The lowest BCUT2D eigenvalue weighted by atomic mass is 10.00. The zero-order chi connectivity index (χ0) is 22.3. The van der Waals surface area contributed by atoms with Crippen LogP contribution >= 0.6 is 11.1 Å². The molecule has 0 saturated heterocycles. The summed E-state index contributed by atoms with van der Waals surface area (Å²) in [5.41, 5.74) is 2.21. The van der Waals surface area contributed by atoms with E-state index in [-0.39, 0.29) is 30.0 Å². The minimum atomic E-state index is -1.63. The summed E-state index contributed by atoms with van der Waals surface area (Å²) in [6.45, 7) is 14.3. The second kappa shape index (κ2) is 11.2. The number of ether oxygens (including phenoxy) is 2.